The van der Waals surface area contributed by atoms with Gasteiger partial charge in [0.25, 0.3) is 0 Å². The predicted molar refractivity (Wildman–Crippen MR) is 110 cm³/mol. The first-order valence-electron chi connectivity index (χ1n) is 9.57. The molecule has 0 saturated carbocycles. The highest BCUT2D eigenvalue weighted by molar-refractivity contribution is 5.78. The van der Waals surface area contributed by atoms with Gasteiger partial charge in [0.2, 0.25) is 5.91 Å². The van der Waals surface area contributed by atoms with Crippen molar-refractivity contribution in [3.05, 3.63) is 69.9 Å². The first-order valence-corrected chi connectivity index (χ1v) is 9.57. The monoisotopic (exact) mass is 430 g/mol. The Morgan fingerprint density at radius 1 is 1.16 bits per heavy atom. The van der Waals surface area contributed by atoms with Gasteiger partial charge in [0.05, 0.1) is 17.0 Å². The van der Waals surface area contributed by atoms with Crippen LogP contribution in [0.15, 0.2) is 47.4 Å². The van der Waals surface area contributed by atoms with Gasteiger partial charge in [-0.05, 0) is 36.8 Å². The maximum absolute atomic E-state index is 12.8. The number of carbonyl (C=O) groups is 1. The lowest BCUT2D eigenvalue weighted by Gasteiger charge is -2.12. The van der Waals surface area contributed by atoms with Crippen molar-refractivity contribution in [1.82, 2.24) is 20.3 Å². The van der Waals surface area contributed by atoms with Gasteiger partial charge in [0, 0.05) is 35.5 Å². The van der Waals surface area contributed by atoms with E-state index in [1.54, 1.807) is 39.1 Å². The van der Waals surface area contributed by atoms with Crippen molar-refractivity contribution in [3.8, 4) is 22.5 Å². The summed E-state index contributed by atoms with van der Waals surface area (Å²) in [7, 11) is 0. The predicted octanol–water partition coefficient (Wildman–Crippen LogP) is 4.10. The minimum atomic E-state index is -4.44. The van der Waals surface area contributed by atoms with Gasteiger partial charge in [-0.25, -0.2) is 4.79 Å². The smallest absolute Gasteiger partial charge is 0.352 e. The van der Waals surface area contributed by atoms with Crippen LogP contribution in [0.2, 0.25) is 0 Å². The fraction of sp³-hybridized carbons (Fsp3) is 0.273. The van der Waals surface area contributed by atoms with E-state index in [0.717, 1.165) is 17.7 Å². The Hall–Kier alpha value is -3.49. The van der Waals surface area contributed by atoms with Crippen molar-refractivity contribution in [2.75, 3.05) is 0 Å². The van der Waals surface area contributed by atoms with E-state index >= 15 is 0 Å². The molecule has 2 N–H and O–H groups in total. The number of carbonyl (C=O) groups excluding carboxylic acids is 1. The molecule has 0 aliphatic carbocycles. The van der Waals surface area contributed by atoms with E-state index in [2.05, 4.69) is 20.3 Å². The zero-order chi connectivity index (χ0) is 22.8. The summed E-state index contributed by atoms with van der Waals surface area (Å²) in [6.45, 7) is 5.62. The van der Waals surface area contributed by atoms with Gasteiger partial charge in [0.1, 0.15) is 0 Å². The number of pyridine rings is 1. The SMILES string of the molecule is Cc1ncc(CNC(=O)C(C)C)cc1-c1cc(-c2ccc(C(F)(F)F)cc2)nc(=O)[nH]1. The molecule has 0 aliphatic rings. The summed E-state index contributed by atoms with van der Waals surface area (Å²) in [5, 5.41) is 2.81. The van der Waals surface area contributed by atoms with Crippen molar-refractivity contribution < 1.29 is 18.0 Å². The number of benzene rings is 1. The average molecular weight is 430 g/mol. The summed E-state index contributed by atoms with van der Waals surface area (Å²) >= 11 is 0. The fourth-order valence-electron chi connectivity index (χ4n) is 2.92. The minimum Gasteiger partial charge on any atom is -0.352 e. The van der Waals surface area contributed by atoms with E-state index in [9.17, 15) is 22.8 Å². The number of halogens is 3. The summed E-state index contributed by atoms with van der Waals surface area (Å²) < 4.78 is 38.4. The third kappa shape index (κ3) is 5.36. The minimum absolute atomic E-state index is 0.0935. The molecule has 2 heterocycles. The molecule has 31 heavy (non-hydrogen) atoms. The number of aromatic nitrogens is 3. The summed E-state index contributed by atoms with van der Waals surface area (Å²) in [5.74, 6) is -0.246. The Bertz CT molecular complexity index is 1150. The highest BCUT2D eigenvalue weighted by Crippen LogP contribution is 2.31. The van der Waals surface area contributed by atoms with Crippen LogP contribution in [0.5, 0.6) is 0 Å². The molecular weight excluding hydrogens is 409 g/mol. The van der Waals surface area contributed by atoms with Gasteiger partial charge in [0.15, 0.2) is 0 Å². The Morgan fingerprint density at radius 2 is 1.84 bits per heavy atom. The Morgan fingerprint density at radius 3 is 2.45 bits per heavy atom. The van der Waals surface area contributed by atoms with Crippen LogP contribution in [-0.2, 0) is 17.5 Å². The Balaban J connectivity index is 1.95. The number of aryl methyl sites for hydroxylation is 1. The van der Waals surface area contributed by atoms with E-state index < -0.39 is 17.4 Å². The number of nitrogens with one attached hydrogen (secondary N) is 2. The van der Waals surface area contributed by atoms with Gasteiger partial charge >= 0.3 is 11.9 Å². The summed E-state index contributed by atoms with van der Waals surface area (Å²) in [4.78, 5) is 34.8. The van der Waals surface area contributed by atoms with E-state index in [1.165, 1.54) is 12.1 Å². The van der Waals surface area contributed by atoms with Gasteiger partial charge in [-0.1, -0.05) is 26.0 Å². The highest BCUT2D eigenvalue weighted by Gasteiger charge is 2.30. The number of hydrogen-bond donors (Lipinski definition) is 2. The molecule has 1 amide bonds. The van der Waals surface area contributed by atoms with Crippen molar-refractivity contribution >= 4 is 5.91 Å². The van der Waals surface area contributed by atoms with Gasteiger partial charge in [-0.3, -0.25) is 9.78 Å². The molecule has 0 bridgehead atoms. The normalized spacial score (nSPS) is 11.6. The molecule has 3 aromatic rings. The molecule has 2 aromatic heterocycles. The number of aromatic amines is 1. The van der Waals surface area contributed by atoms with Crippen LogP contribution in [0, 0.1) is 12.8 Å². The van der Waals surface area contributed by atoms with E-state index in [0.29, 0.717) is 22.5 Å². The maximum atomic E-state index is 12.8. The number of alkyl halides is 3. The van der Waals surface area contributed by atoms with Crippen molar-refractivity contribution in [3.63, 3.8) is 0 Å². The number of nitrogens with zero attached hydrogens (tertiary/aromatic N) is 2. The topological polar surface area (TPSA) is 87.7 Å². The van der Waals surface area contributed by atoms with Crippen LogP contribution in [0.4, 0.5) is 13.2 Å². The van der Waals surface area contributed by atoms with Crippen LogP contribution in [0.3, 0.4) is 0 Å². The van der Waals surface area contributed by atoms with Gasteiger partial charge in [-0.2, -0.15) is 18.2 Å². The molecule has 0 spiro atoms. The molecule has 0 atom stereocenters. The zero-order valence-corrected chi connectivity index (χ0v) is 17.2. The van der Waals surface area contributed by atoms with E-state index in [1.807, 2.05) is 0 Å². The molecule has 162 valence electrons. The van der Waals surface area contributed by atoms with Crippen LogP contribution in [-0.4, -0.2) is 20.9 Å². The second-order valence-corrected chi connectivity index (χ2v) is 7.41. The van der Waals surface area contributed by atoms with Crippen LogP contribution < -0.4 is 11.0 Å². The van der Waals surface area contributed by atoms with Crippen LogP contribution in [0.25, 0.3) is 22.5 Å². The number of rotatable bonds is 5. The molecule has 0 saturated heterocycles. The van der Waals surface area contributed by atoms with Crippen molar-refractivity contribution in [1.29, 1.82) is 0 Å². The first kappa shape index (κ1) is 22.2. The Labute approximate surface area is 176 Å². The summed E-state index contributed by atoms with van der Waals surface area (Å²) in [6.07, 6.45) is -2.81. The quantitative estimate of drug-likeness (QED) is 0.638. The molecule has 0 radical (unpaired) electrons. The molecule has 0 unspecified atom stereocenters. The Kier molecular flexibility index (Phi) is 6.24. The lowest BCUT2D eigenvalue weighted by molar-refractivity contribution is -0.137. The largest absolute Gasteiger partial charge is 0.416 e. The zero-order valence-electron chi connectivity index (χ0n) is 17.2. The maximum Gasteiger partial charge on any atom is 0.416 e. The third-order valence-corrected chi connectivity index (χ3v) is 4.68. The molecule has 1 aromatic carbocycles. The van der Waals surface area contributed by atoms with Crippen LogP contribution >= 0.6 is 0 Å². The van der Waals surface area contributed by atoms with Crippen LogP contribution in [0.1, 0.15) is 30.7 Å². The second-order valence-electron chi connectivity index (χ2n) is 7.41. The standard InChI is InChI=1S/C22H21F3N4O2/c1-12(2)20(30)27-11-14-8-17(13(3)26-10-14)19-9-18(28-21(31)29-19)15-4-6-16(7-5-15)22(23,24)25/h4-10,12H,11H2,1-3H3,(H,27,30)(H,28,29,31). The summed E-state index contributed by atoms with van der Waals surface area (Å²) in [5.41, 5.74) is 1.64. The van der Waals surface area contributed by atoms with Crippen molar-refractivity contribution in [2.24, 2.45) is 5.92 Å². The molecule has 6 nitrogen and oxygen atoms in total. The fourth-order valence-corrected chi connectivity index (χ4v) is 2.92. The average Bonchev–Trinajstić information content (AvgIpc) is 2.71. The number of amides is 1. The van der Waals surface area contributed by atoms with Crippen molar-refractivity contribution in [2.45, 2.75) is 33.5 Å². The first-order chi connectivity index (χ1) is 14.5. The third-order valence-electron chi connectivity index (χ3n) is 4.68. The van der Waals surface area contributed by atoms with Gasteiger partial charge < -0.3 is 10.3 Å². The molecular formula is C22H21F3N4O2. The number of hydrogen-bond acceptors (Lipinski definition) is 4. The molecule has 3 rings (SSSR count). The molecule has 0 aliphatic heterocycles. The van der Waals surface area contributed by atoms with E-state index in [-0.39, 0.29) is 24.1 Å². The lowest BCUT2D eigenvalue weighted by atomic mass is 10.0. The second kappa shape index (κ2) is 8.71. The molecule has 9 heteroatoms. The van der Waals surface area contributed by atoms with E-state index in [4.69, 9.17) is 0 Å². The lowest BCUT2D eigenvalue weighted by Crippen LogP contribution is -2.27. The van der Waals surface area contributed by atoms with Gasteiger partial charge in [-0.15, -0.1) is 0 Å². The number of H-pyrrole nitrogens is 1. The highest BCUT2D eigenvalue weighted by atomic mass is 19.4. The molecule has 0 fully saturated rings. The summed E-state index contributed by atoms with van der Waals surface area (Å²) in [6, 6.07) is 7.83.